The van der Waals surface area contributed by atoms with Gasteiger partial charge in [0.05, 0.1) is 5.54 Å². The fraction of sp³-hybridized carbons (Fsp3) is 0.909. The minimum Gasteiger partial charge on any atom is -0.350 e. The first kappa shape index (κ1) is 9.04. The summed E-state index contributed by atoms with van der Waals surface area (Å²) in [5, 5.41) is 3.11. The summed E-state index contributed by atoms with van der Waals surface area (Å²) in [4.78, 5) is 11.0. The monoisotopic (exact) mass is 181 g/mol. The lowest BCUT2D eigenvalue weighted by Crippen LogP contribution is -2.66. The Labute approximate surface area is 80.1 Å². The third-order valence-corrected chi connectivity index (χ3v) is 3.91. The molecule has 0 aromatic heterocycles. The van der Waals surface area contributed by atoms with Crippen LogP contribution in [-0.2, 0) is 4.79 Å². The van der Waals surface area contributed by atoms with E-state index in [2.05, 4.69) is 26.1 Å². The zero-order valence-electron chi connectivity index (χ0n) is 8.81. The first-order chi connectivity index (χ1) is 5.94. The average Bonchev–Trinajstić information content (AvgIpc) is 1.92. The first-order valence-electron chi connectivity index (χ1n) is 5.25. The average molecular weight is 181 g/mol. The summed E-state index contributed by atoms with van der Waals surface area (Å²) in [7, 11) is 0. The van der Waals surface area contributed by atoms with Crippen LogP contribution in [0, 0.1) is 11.3 Å². The Bertz CT molecular complexity index is 236. The molecule has 1 N–H and O–H groups in total. The molecule has 2 fully saturated rings. The van der Waals surface area contributed by atoms with Crippen molar-refractivity contribution in [1.82, 2.24) is 5.32 Å². The lowest BCUT2D eigenvalue weighted by molar-refractivity contribution is -0.138. The van der Waals surface area contributed by atoms with E-state index in [1.54, 1.807) is 0 Å². The molecule has 13 heavy (non-hydrogen) atoms. The van der Waals surface area contributed by atoms with Gasteiger partial charge in [0.15, 0.2) is 0 Å². The zero-order chi connectivity index (χ0) is 9.69. The quantitative estimate of drug-likeness (QED) is 0.570. The molecule has 2 unspecified atom stereocenters. The molecule has 2 heteroatoms. The van der Waals surface area contributed by atoms with Crippen LogP contribution in [-0.4, -0.2) is 11.4 Å². The van der Waals surface area contributed by atoms with Crippen molar-refractivity contribution >= 4 is 5.91 Å². The van der Waals surface area contributed by atoms with E-state index in [-0.39, 0.29) is 11.4 Å². The van der Waals surface area contributed by atoms with Crippen molar-refractivity contribution in [2.45, 2.75) is 52.0 Å². The van der Waals surface area contributed by atoms with E-state index in [9.17, 15) is 4.79 Å². The van der Waals surface area contributed by atoms with Crippen molar-refractivity contribution in [3.63, 3.8) is 0 Å². The van der Waals surface area contributed by atoms with Crippen LogP contribution in [0.1, 0.15) is 46.5 Å². The van der Waals surface area contributed by atoms with Crippen molar-refractivity contribution in [2.75, 3.05) is 0 Å². The van der Waals surface area contributed by atoms with Crippen LogP contribution in [0.3, 0.4) is 0 Å². The van der Waals surface area contributed by atoms with Crippen LogP contribution in [0.25, 0.3) is 0 Å². The van der Waals surface area contributed by atoms with Crippen molar-refractivity contribution in [3.8, 4) is 0 Å². The molecule has 1 heterocycles. The lowest BCUT2D eigenvalue weighted by atomic mass is 9.60. The van der Waals surface area contributed by atoms with Gasteiger partial charge in [0.1, 0.15) is 0 Å². The molecule has 2 atom stereocenters. The summed E-state index contributed by atoms with van der Waals surface area (Å²) >= 11 is 0. The molecule has 1 aliphatic heterocycles. The molecule has 0 radical (unpaired) electrons. The minimum absolute atomic E-state index is 0.187. The molecular formula is C11H19NO. The highest BCUT2D eigenvalue weighted by Crippen LogP contribution is 2.47. The molecule has 2 aliphatic rings. The lowest BCUT2D eigenvalue weighted by Gasteiger charge is -2.53. The number of β-lactam (4-membered cyclic amide) rings is 1. The molecule has 0 aromatic carbocycles. The summed E-state index contributed by atoms with van der Waals surface area (Å²) in [6, 6.07) is 0. The van der Waals surface area contributed by atoms with E-state index in [1.807, 2.05) is 0 Å². The molecule has 0 bridgehead atoms. The van der Waals surface area contributed by atoms with Gasteiger partial charge in [-0.05, 0) is 30.6 Å². The second-order valence-corrected chi connectivity index (χ2v) is 5.65. The van der Waals surface area contributed by atoms with Crippen LogP contribution in [0.15, 0.2) is 0 Å². The van der Waals surface area contributed by atoms with Gasteiger partial charge in [0.2, 0.25) is 5.91 Å². The third-order valence-electron chi connectivity index (χ3n) is 3.91. The van der Waals surface area contributed by atoms with Gasteiger partial charge in [-0.3, -0.25) is 4.79 Å². The van der Waals surface area contributed by atoms with E-state index in [4.69, 9.17) is 0 Å². The van der Waals surface area contributed by atoms with E-state index < -0.39 is 0 Å². The molecule has 1 aliphatic carbocycles. The fourth-order valence-electron chi connectivity index (χ4n) is 2.93. The molecular weight excluding hydrogens is 162 g/mol. The van der Waals surface area contributed by atoms with Gasteiger partial charge >= 0.3 is 0 Å². The molecule has 1 spiro atoms. The van der Waals surface area contributed by atoms with E-state index in [1.165, 1.54) is 19.3 Å². The summed E-state index contributed by atoms with van der Waals surface area (Å²) in [6.07, 6.45) is 4.43. The number of hydrogen-bond acceptors (Lipinski definition) is 1. The van der Waals surface area contributed by atoms with Gasteiger partial charge in [0.25, 0.3) is 0 Å². The Morgan fingerprint density at radius 2 is 2.00 bits per heavy atom. The molecule has 1 amide bonds. The summed E-state index contributed by atoms with van der Waals surface area (Å²) in [5.41, 5.74) is 0.664. The highest BCUT2D eigenvalue weighted by Gasteiger charge is 2.51. The Morgan fingerprint density at radius 3 is 2.46 bits per heavy atom. The van der Waals surface area contributed by atoms with Crippen molar-refractivity contribution in [1.29, 1.82) is 0 Å². The van der Waals surface area contributed by atoms with Gasteiger partial charge in [0, 0.05) is 6.42 Å². The first-order valence-corrected chi connectivity index (χ1v) is 5.25. The Kier molecular flexibility index (Phi) is 1.73. The smallest absolute Gasteiger partial charge is 0.222 e. The molecule has 1 saturated carbocycles. The number of rotatable bonds is 0. The predicted molar refractivity (Wildman–Crippen MR) is 52.3 cm³/mol. The standard InChI is InChI=1S/C11H19NO/c1-8-6-10(2,3)4-5-11(8)7-9(13)12-11/h8H,4-7H2,1-3H3,(H,12,13). The number of hydrogen-bond donors (Lipinski definition) is 1. The summed E-state index contributed by atoms with van der Waals surface area (Å²) < 4.78 is 0. The molecule has 0 aromatic rings. The Balaban J connectivity index is 2.06. The van der Waals surface area contributed by atoms with Gasteiger partial charge in [-0.15, -0.1) is 0 Å². The maximum Gasteiger partial charge on any atom is 0.222 e. The second kappa shape index (κ2) is 2.49. The topological polar surface area (TPSA) is 29.1 Å². The van der Waals surface area contributed by atoms with Crippen LogP contribution < -0.4 is 5.32 Å². The van der Waals surface area contributed by atoms with Crippen LogP contribution in [0.5, 0.6) is 0 Å². The molecule has 74 valence electrons. The van der Waals surface area contributed by atoms with Crippen LogP contribution in [0.2, 0.25) is 0 Å². The SMILES string of the molecule is CC1CC(C)(C)CCC12CC(=O)N2. The van der Waals surface area contributed by atoms with Crippen LogP contribution >= 0.6 is 0 Å². The molecule has 1 saturated heterocycles. The van der Waals surface area contributed by atoms with Gasteiger partial charge in [-0.25, -0.2) is 0 Å². The van der Waals surface area contributed by atoms with Crippen molar-refractivity contribution < 1.29 is 4.79 Å². The Hall–Kier alpha value is -0.530. The maximum absolute atomic E-state index is 11.0. The van der Waals surface area contributed by atoms with E-state index in [0.717, 1.165) is 6.42 Å². The van der Waals surface area contributed by atoms with Gasteiger partial charge in [-0.2, -0.15) is 0 Å². The van der Waals surface area contributed by atoms with Gasteiger partial charge < -0.3 is 5.32 Å². The van der Waals surface area contributed by atoms with Crippen molar-refractivity contribution in [2.24, 2.45) is 11.3 Å². The number of carbonyl (C=O) groups excluding carboxylic acids is 1. The number of amides is 1. The van der Waals surface area contributed by atoms with E-state index in [0.29, 0.717) is 11.3 Å². The fourth-order valence-corrected chi connectivity index (χ4v) is 2.93. The maximum atomic E-state index is 11.0. The van der Waals surface area contributed by atoms with E-state index >= 15 is 0 Å². The summed E-state index contributed by atoms with van der Waals surface area (Å²) in [6.45, 7) is 6.94. The Morgan fingerprint density at radius 1 is 1.38 bits per heavy atom. The molecule has 2 nitrogen and oxygen atoms in total. The third kappa shape index (κ3) is 1.36. The zero-order valence-corrected chi connectivity index (χ0v) is 8.81. The normalized spacial score (nSPS) is 42.7. The highest BCUT2D eigenvalue weighted by molar-refractivity contribution is 5.84. The summed E-state index contributed by atoms with van der Waals surface area (Å²) in [5.74, 6) is 0.889. The second-order valence-electron chi connectivity index (χ2n) is 5.65. The highest BCUT2D eigenvalue weighted by atomic mass is 16.2. The van der Waals surface area contributed by atoms with Gasteiger partial charge in [-0.1, -0.05) is 20.8 Å². The number of nitrogens with one attached hydrogen (secondary N) is 1. The van der Waals surface area contributed by atoms with Crippen molar-refractivity contribution in [3.05, 3.63) is 0 Å². The largest absolute Gasteiger partial charge is 0.350 e. The molecule has 2 rings (SSSR count). The predicted octanol–water partition coefficient (Wildman–Crippen LogP) is 2.09. The van der Waals surface area contributed by atoms with Crippen LogP contribution in [0.4, 0.5) is 0 Å². The minimum atomic E-state index is 0.187. The number of carbonyl (C=O) groups is 1.